The van der Waals surface area contributed by atoms with Gasteiger partial charge in [0, 0.05) is 13.1 Å². The van der Waals surface area contributed by atoms with Crippen molar-refractivity contribution >= 4 is 58.3 Å². The van der Waals surface area contributed by atoms with Crippen molar-refractivity contribution in [1.29, 1.82) is 0 Å². The van der Waals surface area contributed by atoms with E-state index in [1.54, 1.807) is 0 Å². The van der Waals surface area contributed by atoms with Crippen LogP contribution in [0.5, 0.6) is 0 Å². The second kappa shape index (κ2) is 14.8. The number of imidazole rings is 2. The summed E-state index contributed by atoms with van der Waals surface area (Å²) in [5.74, 6) is 0. The average Bonchev–Trinajstić information content (AvgIpc) is 3.20. The van der Waals surface area contributed by atoms with Crippen LogP contribution in [0.4, 0.5) is 0 Å². The largest absolute Gasteiger partial charge is 0.412 e. The highest BCUT2D eigenvalue weighted by Crippen LogP contribution is 1.80. The second-order valence-electron chi connectivity index (χ2n) is 5.25. The Balaban J connectivity index is 0.000000363. The molecule has 2 aromatic rings. The number of aromatic nitrogens is 4. The maximum Gasteiger partial charge on any atom is 0.243 e. The third-order valence-corrected chi connectivity index (χ3v) is 3.62. The zero-order valence-corrected chi connectivity index (χ0v) is 19.0. The first-order chi connectivity index (χ1) is 12.3. The van der Waals surface area contributed by atoms with E-state index in [0.29, 0.717) is 21.7 Å². The quantitative estimate of drug-likeness (QED) is 0.310. The number of nitrogens with one attached hydrogen (secondary N) is 2. The molecule has 0 radical (unpaired) electrons. The standard InChI is InChI=1S/2C6H11N2.C4H8N2S4/c2*1-3-8-5-4-7(2)6-8;7-3(8)5-1-2-6-4(9)10/h2*4-6H,3H2,1-2H3;1-2H2,(H2,5,7,8)(H2,6,9,10)/q2*+1;/p-2. The molecule has 0 unspecified atom stereocenters. The van der Waals surface area contributed by atoms with Gasteiger partial charge in [-0.2, -0.15) is 0 Å². The molecule has 0 aliphatic carbocycles. The van der Waals surface area contributed by atoms with Crippen LogP contribution >= 0.6 is 24.4 Å². The first kappa shape index (κ1) is 24.6. The Labute approximate surface area is 178 Å². The van der Waals surface area contributed by atoms with Crippen LogP contribution in [0, 0.1) is 0 Å². The van der Waals surface area contributed by atoms with Crippen molar-refractivity contribution in [1.82, 2.24) is 19.8 Å². The molecule has 2 aromatic heterocycles. The number of hydrogen-bond donors (Lipinski definition) is 2. The summed E-state index contributed by atoms with van der Waals surface area (Å²) in [6.07, 6.45) is 12.3. The molecule has 0 saturated carbocycles. The Hall–Kier alpha value is -1.36. The van der Waals surface area contributed by atoms with Gasteiger partial charge in [-0.1, -0.05) is 8.64 Å². The van der Waals surface area contributed by atoms with Gasteiger partial charge in [0.05, 0.1) is 27.2 Å². The van der Waals surface area contributed by atoms with Gasteiger partial charge in [-0.3, -0.25) is 0 Å². The van der Waals surface area contributed by atoms with Gasteiger partial charge < -0.3 is 60.3 Å². The van der Waals surface area contributed by atoms with Crippen molar-refractivity contribution in [2.45, 2.75) is 26.9 Å². The fourth-order valence-electron chi connectivity index (χ4n) is 1.71. The molecule has 2 heterocycles. The first-order valence-electron chi connectivity index (χ1n) is 8.20. The molecule has 0 fully saturated rings. The molecule has 0 bridgehead atoms. The lowest BCUT2D eigenvalue weighted by Crippen LogP contribution is -2.31. The maximum atomic E-state index is 4.59. The molecule has 0 aliphatic heterocycles. The van der Waals surface area contributed by atoms with Gasteiger partial charge in [0.25, 0.3) is 0 Å². The second-order valence-corrected chi connectivity index (χ2v) is 7.40. The smallest absolute Gasteiger partial charge is 0.243 e. The van der Waals surface area contributed by atoms with Crippen LogP contribution in [-0.4, -0.2) is 30.9 Å². The highest BCUT2D eigenvalue weighted by Gasteiger charge is 1.93. The molecule has 0 amide bonds. The van der Waals surface area contributed by atoms with E-state index in [1.165, 1.54) is 0 Å². The van der Waals surface area contributed by atoms with Crippen molar-refractivity contribution in [3.63, 3.8) is 0 Å². The molecule has 0 saturated heterocycles. The van der Waals surface area contributed by atoms with Crippen molar-refractivity contribution in [2.24, 2.45) is 14.1 Å². The van der Waals surface area contributed by atoms with E-state index < -0.39 is 0 Å². The van der Waals surface area contributed by atoms with Crippen molar-refractivity contribution in [3.05, 3.63) is 37.4 Å². The molecule has 26 heavy (non-hydrogen) atoms. The Kier molecular flexibility index (Phi) is 14.0. The fraction of sp³-hybridized carbons (Fsp3) is 0.500. The van der Waals surface area contributed by atoms with Gasteiger partial charge in [0.2, 0.25) is 12.7 Å². The van der Waals surface area contributed by atoms with Crippen LogP contribution < -0.4 is 19.8 Å². The number of hydrogen-bond acceptors (Lipinski definition) is 4. The summed E-state index contributed by atoms with van der Waals surface area (Å²) in [5.41, 5.74) is 0. The summed E-state index contributed by atoms with van der Waals surface area (Å²) in [5, 5.41) is 5.56. The van der Waals surface area contributed by atoms with E-state index in [4.69, 9.17) is 0 Å². The highest BCUT2D eigenvalue weighted by molar-refractivity contribution is 8.00. The van der Waals surface area contributed by atoms with E-state index in [2.05, 4.69) is 108 Å². The molecular weight excluding hydrogens is 404 g/mol. The third-order valence-electron chi connectivity index (χ3n) is 3.04. The minimum absolute atomic E-state index is 0.372. The van der Waals surface area contributed by atoms with Crippen LogP contribution in [0.15, 0.2) is 37.4 Å². The predicted molar refractivity (Wildman–Crippen MR) is 118 cm³/mol. The Morgan fingerprint density at radius 1 is 0.846 bits per heavy atom. The summed E-state index contributed by atoms with van der Waals surface area (Å²) in [6.45, 7) is 7.69. The topological polar surface area (TPSA) is 41.7 Å². The molecule has 146 valence electrons. The Morgan fingerprint density at radius 3 is 1.35 bits per heavy atom. The van der Waals surface area contributed by atoms with Gasteiger partial charge >= 0.3 is 0 Å². The molecular formula is C16H28N6S4. The molecule has 10 heteroatoms. The lowest BCUT2D eigenvalue weighted by Gasteiger charge is -2.12. The van der Waals surface area contributed by atoms with Crippen LogP contribution in [0.1, 0.15) is 13.8 Å². The first-order valence-corrected chi connectivity index (χ1v) is 9.83. The molecule has 0 atom stereocenters. The summed E-state index contributed by atoms with van der Waals surface area (Å²) in [7, 11) is 4.04. The van der Waals surface area contributed by atoms with E-state index in [0.717, 1.165) is 13.1 Å². The lowest BCUT2D eigenvalue weighted by atomic mass is 10.6. The van der Waals surface area contributed by atoms with E-state index >= 15 is 0 Å². The van der Waals surface area contributed by atoms with Crippen molar-refractivity contribution < 1.29 is 9.13 Å². The van der Waals surface area contributed by atoms with Gasteiger partial charge in [-0.25, -0.2) is 18.3 Å². The average molecular weight is 433 g/mol. The molecule has 0 spiro atoms. The fourth-order valence-corrected chi connectivity index (χ4v) is 2.11. The molecule has 0 aromatic carbocycles. The number of rotatable bonds is 5. The Morgan fingerprint density at radius 2 is 1.19 bits per heavy atom. The number of thiocarbonyl (C=S) groups is 2. The van der Waals surface area contributed by atoms with Crippen LogP contribution in [0.25, 0.3) is 0 Å². The van der Waals surface area contributed by atoms with Crippen LogP contribution in [0.3, 0.4) is 0 Å². The van der Waals surface area contributed by atoms with Gasteiger partial charge in [-0.15, -0.1) is 0 Å². The molecule has 2 N–H and O–H groups in total. The normalized spacial score (nSPS) is 9.23. The van der Waals surface area contributed by atoms with Crippen LogP contribution in [0.2, 0.25) is 0 Å². The number of aryl methyl sites for hydroxylation is 4. The highest BCUT2D eigenvalue weighted by atomic mass is 32.1. The molecule has 0 aliphatic rings. The minimum atomic E-state index is 0.372. The van der Waals surface area contributed by atoms with Crippen molar-refractivity contribution in [3.8, 4) is 0 Å². The summed E-state index contributed by atoms with van der Waals surface area (Å²) >= 11 is 18.4. The lowest BCUT2D eigenvalue weighted by molar-refractivity contribution is -0.671. The van der Waals surface area contributed by atoms with Gasteiger partial charge in [0.15, 0.2) is 0 Å². The van der Waals surface area contributed by atoms with Gasteiger partial charge in [0.1, 0.15) is 24.8 Å². The third kappa shape index (κ3) is 13.9. The SMILES string of the molecule is CCn1cc[n+](C)c1.CCn1cc[n+](C)c1.S=C([S-])NCCNC(=S)[S-]. The minimum Gasteiger partial charge on any atom is -0.412 e. The molecule has 6 nitrogen and oxygen atoms in total. The Bertz CT molecular complexity index is 596. The van der Waals surface area contributed by atoms with E-state index in [1.807, 2.05) is 35.6 Å². The zero-order valence-electron chi connectivity index (χ0n) is 15.7. The number of nitrogens with zero attached hydrogens (tertiary/aromatic N) is 4. The maximum absolute atomic E-state index is 4.59. The summed E-state index contributed by atoms with van der Waals surface area (Å²) < 4.78 is 9.06. The van der Waals surface area contributed by atoms with E-state index in [-0.39, 0.29) is 0 Å². The molecule has 2 rings (SSSR count). The summed E-state index contributed by atoms with van der Waals surface area (Å²) in [4.78, 5) is 0. The van der Waals surface area contributed by atoms with Crippen molar-refractivity contribution in [2.75, 3.05) is 13.1 Å². The monoisotopic (exact) mass is 432 g/mol. The predicted octanol–water partition coefficient (Wildman–Crippen LogP) is 0.494. The summed E-state index contributed by atoms with van der Waals surface area (Å²) in [6, 6.07) is 0. The van der Waals surface area contributed by atoms with E-state index in [9.17, 15) is 0 Å². The zero-order chi connectivity index (χ0) is 19.9. The van der Waals surface area contributed by atoms with Crippen LogP contribution in [-0.2, 0) is 52.4 Å². The van der Waals surface area contributed by atoms with Gasteiger partial charge in [-0.05, 0) is 13.8 Å².